The monoisotopic (exact) mass is 415 g/mol. The molecule has 1 N–H and O–H groups in total. The summed E-state index contributed by atoms with van der Waals surface area (Å²) in [4.78, 5) is 11.1. The van der Waals surface area contributed by atoms with E-state index >= 15 is 0 Å². The van der Waals surface area contributed by atoms with E-state index in [-0.39, 0.29) is 5.02 Å². The summed E-state index contributed by atoms with van der Waals surface area (Å²) in [6, 6.07) is 4.98. The van der Waals surface area contributed by atoms with Gasteiger partial charge in [0, 0.05) is 12.1 Å². The summed E-state index contributed by atoms with van der Waals surface area (Å²) in [7, 11) is -4.50. The van der Waals surface area contributed by atoms with Crippen molar-refractivity contribution < 1.29 is 31.5 Å². The quantitative estimate of drug-likeness (QED) is 0.776. The molecule has 0 spiro atoms. The van der Waals surface area contributed by atoms with Crippen molar-refractivity contribution in [1.82, 2.24) is 4.72 Å². The predicted octanol–water partition coefficient (Wildman–Crippen LogP) is 2.91. The molecular formula is C17H12ClF2NO5S. The summed E-state index contributed by atoms with van der Waals surface area (Å²) in [5.74, 6) is -2.48. The lowest BCUT2D eigenvalue weighted by Crippen LogP contribution is -2.29. The number of ether oxygens (including phenoxy) is 2. The first-order chi connectivity index (χ1) is 12.8. The van der Waals surface area contributed by atoms with E-state index in [0.717, 1.165) is 18.2 Å². The third-order valence-electron chi connectivity index (χ3n) is 3.46. The third kappa shape index (κ3) is 4.37. The Kier molecular flexibility index (Phi) is 5.33. The topological polar surface area (TPSA) is 81.7 Å². The van der Waals surface area contributed by atoms with E-state index in [0.29, 0.717) is 36.3 Å². The zero-order valence-corrected chi connectivity index (χ0v) is 15.1. The highest BCUT2D eigenvalue weighted by Gasteiger charge is 2.21. The second-order valence-corrected chi connectivity index (χ2v) is 7.46. The molecule has 6 nitrogen and oxygen atoms in total. The molecule has 1 amide bonds. The van der Waals surface area contributed by atoms with Gasteiger partial charge in [-0.05, 0) is 35.9 Å². The maximum absolute atomic E-state index is 13.6. The zero-order chi connectivity index (χ0) is 19.6. The Morgan fingerprint density at radius 1 is 1.15 bits per heavy atom. The number of fused-ring (bicyclic) bond motifs is 1. The summed E-state index contributed by atoms with van der Waals surface area (Å²) >= 11 is 6.07. The van der Waals surface area contributed by atoms with Crippen molar-refractivity contribution in [3.63, 3.8) is 0 Å². The molecule has 2 aromatic carbocycles. The number of amides is 1. The largest absolute Gasteiger partial charge is 0.486 e. The summed E-state index contributed by atoms with van der Waals surface area (Å²) in [5.41, 5.74) is 0.463. The first kappa shape index (κ1) is 19.1. The maximum Gasteiger partial charge on any atom is 0.267 e. The average molecular weight is 416 g/mol. The molecule has 1 heterocycles. The van der Waals surface area contributed by atoms with Crippen LogP contribution in [0.4, 0.5) is 8.78 Å². The minimum Gasteiger partial charge on any atom is -0.486 e. The molecule has 0 fully saturated rings. The fourth-order valence-electron chi connectivity index (χ4n) is 2.31. The molecule has 10 heteroatoms. The zero-order valence-electron chi connectivity index (χ0n) is 13.5. The van der Waals surface area contributed by atoms with Crippen molar-refractivity contribution in [1.29, 1.82) is 0 Å². The fraction of sp³-hybridized carbons (Fsp3) is 0.118. The first-order valence-corrected chi connectivity index (χ1v) is 9.41. The van der Waals surface area contributed by atoms with Gasteiger partial charge >= 0.3 is 0 Å². The van der Waals surface area contributed by atoms with Gasteiger partial charge in [-0.25, -0.2) is 21.9 Å². The lowest BCUT2D eigenvalue weighted by molar-refractivity contribution is -0.114. The molecule has 142 valence electrons. The van der Waals surface area contributed by atoms with Gasteiger partial charge in [0.1, 0.15) is 29.7 Å². The first-order valence-electron chi connectivity index (χ1n) is 7.55. The van der Waals surface area contributed by atoms with Crippen molar-refractivity contribution in [2.45, 2.75) is 4.90 Å². The van der Waals surface area contributed by atoms with Crippen molar-refractivity contribution in [2.75, 3.05) is 13.2 Å². The molecule has 0 atom stereocenters. The third-order valence-corrected chi connectivity index (χ3v) is 5.13. The number of nitrogens with one attached hydrogen (secondary N) is 1. The van der Waals surface area contributed by atoms with Gasteiger partial charge in [-0.3, -0.25) is 4.79 Å². The molecule has 0 bridgehead atoms. The van der Waals surface area contributed by atoms with E-state index in [4.69, 9.17) is 21.1 Å². The number of carbonyl (C=O) groups is 1. The molecule has 0 unspecified atom stereocenters. The average Bonchev–Trinajstić information content (AvgIpc) is 2.59. The van der Waals surface area contributed by atoms with Crippen LogP contribution in [0.3, 0.4) is 0 Å². The van der Waals surface area contributed by atoms with Crippen LogP contribution in [0.1, 0.15) is 5.56 Å². The molecule has 3 rings (SSSR count). The Labute approximate surface area is 158 Å². The number of hydrogen-bond donors (Lipinski definition) is 1. The fourth-order valence-corrected chi connectivity index (χ4v) is 3.59. The van der Waals surface area contributed by atoms with E-state index in [2.05, 4.69) is 0 Å². The van der Waals surface area contributed by atoms with Crippen LogP contribution < -0.4 is 14.2 Å². The van der Waals surface area contributed by atoms with Crippen LogP contribution in [0.2, 0.25) is 5.02 Å². The van der Waals surface area contributed by atoms with Crippen LogP contribution in [0.5, 0.6) is 11.5 Å². The van der Waals surface area contributed by atoms with Crippen LogP contribution in [0.15, 0.2) is 41.3 Å². The van der Waals surface area contributed by atoms with Gasteiger partial charge < -0.3 is 9.47 Å². The van der Waals surface area contributed by atoms with Crippen LogP contribution in [-0.4, -0.2) is 27.5 Å². The van der Waals surface area contributed by atoms with Gasteiger partial charge in [-0.2, -0.15) is 0 Å². The van der Waals surface area contributed by atoms with Crippen molar-refractivity contribution in [3.05, 3.63) is 58.6 Å². The normalized spacial score (nSPS) is 13.6. The van der Waals surface area contributed by atoms with Gasteiger partial charge in [-0.1, -0.05) is 11.6 Å². The molecule has 1 aliphatic heterocycles. The highest BCUT2D eigenvalue weighted by molar-refractivity contribution is 7.90. The van der Waals surface area contributed by atoms with Gasteiger partial charge in [0.05, 0.1) is 5.02 Å². The van der Waals surface area contributed by atoms with Crippen LogP contribution in [-0.2, 0) is 14.8 Å². The minimum absolute atomic E-state index is 0.272. The van der Waals surface area contributed by atoms with E-state index in [9.17, 15) is 22.0 Å². The van der Waals surface area contributed by atoms with Crippen LogP contribution in [0.25, 0.3) is 6.08 Å². The minimum atomic E-state index is -4.50. The lowest BCUT2D eigenvalue weighted by atomic mass is 10.2. The SMILES string of the molecule is O=C(C=Cc1cc(Cl)c2c(c1)OCCO2)NS(=O)(=O)c1ccc(F)cc1F. The van der Waals surface area contributed by atoms with E-state index in [1.54, 1.807) is 10.8 Å². The Morgan fingerprint density at radius 3 is 2.63 bits per heavy atom. The molecule has 0 radical (unpaired) electrons. The van der Waals surface area contributed by atoms with Crippen LogP contribution in [0, 0.1) is 11.6 Å². The Hall–Kier alpha value is -2.65. The highest BCUT2D eigenvalue weighted by atomic mass is 35.5. The van der Waals surface area contributed by atoms with Crippen molar-refractivity contribution in [3.8, 4) is 11.5 Å². The number of carbonyl (C=O) groups excluding carboxylic acids is 1. The van der Waals surface area contributed by atoms with Gasteiger partial charge in [0.2, 0.25) is 0 Å². The summed E-state index contributed by atoms with van der Waals surface area (Å²) in [6.45, 7) is 0.709. The van der Waals surface area contributed by atoms with E-state index in [1.807, 2.05) is 0 Å². The van der Waals surface area contributed by atoms with Gasteiger partial charge in [-0.15, -0.1) is 0 Å². The summed E-state index contributed by atoms with van der Waals surface area (Å²) in [6.07, 6.45) is 2.23. The second-order valence-electron chi connectivity index (χ2n) is 5.40. The van der Waals surface area contributed by atoms with Gasteiger partial charge in [0.15, 0.2) is 11.5 Å². The van der Waals surface area contributed by atoms with E-state index < -0.39 is 32.5 Å². The molecule has 27 heavy (non-hydrogen) atoms. The van der Waals surface area contributed by atoms with Crippen LogP contribution >= 0.6 is 11.6 Å². The molecule has 1 aliphatic rings. The molecule has 0 aliphatic carbocycles. The molecular weight excluding hydrogens is 404 g/mol. The molecule has 0 aromatic heterocycles. The number of benzene rings is 2. The Balaban J connectivity index is 1.76. The summed E-state index contributed by atoms with van der Waals surface area (Å²) in [5, 5.41) is 0.272. The Morgan fingerprint density at radius 2 is 1.89 bits per heavy atom. The number of hydrogen-bond acceptors (Lipinski definition) is 5. The lowest BCUT2D eigenvalue weighted by Gasteiger charge is -2.19. The Bertz CT molecular complexity index is 1040. The summed E-state index contributed by atoms with van der Waals surface area (Å²) < 4.78 is 63.1. The van der Waals surface area contributed by atoms with E-state index in [1.165, 1.54) is 12.1 Å². The number of sulfonamides is 1. The molecule has 2 aromatic rings. The van der Waals surface area contributed by atoms with Crippen molar-refractivity contribution in [2.24, 2.45) is 0 Å². The van der Waals surface area contributed by atoms with Gasteiger partial charge in [0.25, 0.3) is 15.9 Å². The van der Waals surface area contributed by atoms with Crippen molar-refractivity contribution >= 4 is 33.6 Å². The maximum atomic E-state index is 13.6. The number of halogens is 3. The smallest absolute Gasteiger partial charge is 0.267 e. The molecule has 0 saturated carbocycles. The second kappa shape index (κ2) is 7.53. The highest BCUT2D eigenvalue weighted by Crippen LogP contribution is 2.38. The number of rotatable bonds is 4. The molecule has 0 saturated heterocycles. The standard InChI is InChI=1S/C17H12ClF2NO5S/c18-12-7-10(8-14-17(12)26-6-5-25-14)1-4-16(22)21-27(23,24)15-3-2-11(19)9-13(15)20/h1-4,7-9H,5-6H2,(H,21,22). The predicted molar refractivity (Wildman–Crippen MR) is 93.2 cm³/mol.